The predicted octanol–water partition coefficient (Wildman–Crippen LogP) is -0.00570. The normalized spacial score (nSPS) is 13.4. The number of halogens is 1. The van der Waals surface area contributed by atoms with Crippen molar-refractivity contribution in [2.24, 2.45) is 0 Å². The van der Waals surface area contributed by atoms with Crippen LogP contribution in [0.25, 0.3) is 0 Å². The third-order valence-corrected chi connectivity index (χ3v) is 3.22. The average Bonchev–Trinajstić information content (AvgIpc) is 2.26. The highest BCUT2D eigenvalue weighted by molar-refractivity contribution is 7.90. The Morgan fingerprint density at radius 3 is 2.65 bits per heavy atom. The van der Waals surface area contributed by atoms with Crippen LogP contribution in [0.1, 0.15) is 0 Å². The first-order chi connectivity index (χ1) is 7.84. The summed E-state index contributed by atoms with van der Waals surface area (Å²) in [5, 5.41) is 20.2. The Kier molecular flexibility index (Phi) is 4.44. The van der Waals surface area contributed by atoms with Crippen molar-refractivity contribution in [2.75, 3.05) is 24.7 Å². The molecule has 1 atom stereocenters. The number of benzene rings is 1. The van der Waals surface area contributed by atoms with E-state index in [-0.39, 0.29) is 17.1 Å². The fourth-order valence-corrected chi connectivity index (χ4v) is 1.81. The van der Waals surface area contributed by atoms with Crippen LogP contribution in [-0.2, 0) is 9.84 Å². The Hall–Kier alpha value is -1.18. The maximum Gasteiger partial charge on any atom is 0.175 e. The summed E-state index contributed by atoms with van der Waals surface area (Å²) in [6.45, 7) is -0.527. The molecule has 0 aromatic heterocycles. The van der Waals surface area contributed by atoms with Gasteiger partial charge in [-0.25, -0.2) is 12.8 Å². The molecule has 0 aliphatic carbocycles. The van der Waals surface area contributed by atoms with Gasteiger partial charge in [0, 0.05) is 12.8 Å². The third-order valence-electron chi connectivity index (χ3n) is 2.10. The van der Waals surface area contributed by atoms with E-state index in [1.807, 2.05) is 0 Å². The summed E-state index contributed by atoms with van der Waals surface area (Å²) >= 11 is 0. The molecule has 0 aliphatic heterocycles. The van der Waals surface area contributed by atoms with Gasteiger partial charge < -0.3 is 15.5 Å². The minimum atomic E-state index is -3.40. The molecule has 1 rings (SSSR count). The van der Waals surface area contributed by atoms with Crippen LogP contribution in [0, 0.1) is 5.82 Å². The van der Waals surface area contributed by atoms with Crippen LogP contribution in [-0.4, -0.2) is 44.1 Å². The van der Waals surface area contributed by atoms with E-state index in [9.17, 15) is 12.8 Å². The number of anilines is 1. The highest BCUT2D eigenvalue weighted by Gasteiger charge is 2.11. The Morgan fingerprint density at radius 1 is 1.47 bits per heavy atom. The lowest BCUT2D eigenvalue weighted by Gasteiger charge is -2.11. The van der Waals surface area contributed by atoms with Crippen molar-refractivity contribution in [3.63, 3.8) is 0 Å². The van der Waals surface area contributed by atoms with Crippen LogP contribution >= 0.6 is 0 Å². The second-order valence-electron chi connectivity index (χ2n) is 3.63. The third kappa shape index (κ3) is 3.95. The average molecular weight is 263 g/mol. The summed E-state index contributed by atoms with van der Waals surface area (Å²) in [6.07, 6.45) is -0.0108. The molecule has 0 saturated heterocycles. The van der Waals surface area contributed by atoms with Crippen LogP contribution < -0.4 is 5.32 Å². The molecule has 7 heteroatoms. The molecule has 1 aromatic carbocycles. The number of rotatable bonds is 5. The topological polar surface area (TPSA) is 86.6 Å². The van der Waals surface area contributed by atoms with E-state index in [4.69, 9.17) is 10.2 Å². The molecule has 0 fully saturated rings. The van der Waals surface area contributed by atoms with Gasteiger partial charge in [0.15, 0.2) is 9.84 Å². The minimum Gasteiger partial charge on any atom is -0.394 e. The summed E-state index contributed by atoms with van der Waals surface area (Å²) in [7, 11) is -3.40. The Balaban J connectivity index is 2.92. The molecular formula is C10H14FNO4S. The first kappa shape index (κ1) is 13.9. The van der Waals surface area contributed by atoms with Crippen molar-refractivity contribution >= 4 is 15.5 Å². The first-order valence-corrected chi connectivity index (χ1v) is 6.76. The van der Waals surface area contributed by atoms with Crippen molar-refractivity contribution in [3.8, 4) is 0 Å². The molecule has 17 heavy (non-hydrogen) atoms. The number of sulfone groups is 1. The number of hydrogen-bond donors (Lipinski definition) is 3. The summed E-state index contributed by atoms with van der Waals surface area (Å²) in [4.78, 5) is -0.0140. The smallest absolute Gasteiger partial charge is 0.175 e. The van der Waals surface area contributed by atoms with Gasteiger partial charge in [-0.2, -0.15) is 0 Å². The fraction of sp³-hybridized carbons (Fsp3) is 0.400. The van der Waals surface area contributed by atoms with E-state index < -0.39 is 28.4 Å². The summed E-state index contributed by atoms with van der Waals surface area (Å²) < 4.78 is 35.8. The van der Waals surface area contributed by atoms with E-state index in [1.165, 1.54) is 0 Å². The maximum absolute atomic E-state index is 13.3. The van der Waals surface area contributed by atoms with Crippen molar-refractivity contribution < 1.29 is 23.0 Å². The van der Waals surface area contributed by atoms with Gasteiger partial charge in [-0.1, -0.05) is 0 Å². The second kappa shape index (κ2) is 5.44. The van der Waals surface area contributed by atoms with Gasteiger partial charge in [0.2, 0.25) is 0 Å². The van der Waals surface area contributed by atoms with Crippen LogP contribution in [0.15, 0.2) is 23.1 Å². The van der Waals surface area contributed by atoms with Crippen LogP contribution in [0.5, 0.6) is 0 Å². The number of aliphatic hydroxyl groups is 2. The molecule has 0 amide bonds. The lowest BCUT2D eigenvalue weighted by atomic mass is 10.3. The van der Waals surface area contributed by atoms with Gasteiger partial charge in [0.25, 0.3) is 0 Å². The molecule has 1 unspecified atom stereocenters. The highest BCUT2D eigenvalue weighted by atomic mass is 32.2. The number of nitrogens with one attached hydrogen (secondary N) is 1. The first-order valence-electron chi connectivity index (χ1n) is 4.87. The SMILES string of the molecule is CS(=O)(=O)c1ccc(F)c(NCC(O)CO)c1. The van der Waals surface area contributed by atoms with Gasteiger partial charge in [-0.3, -0.25) is 0 Å². The van der Waals surface area contributed by atoms with Crippen molar-refractivity contribution in [1.29, 1.82) is 0 Å². The van der Waals surface area contributed by atoms with Crippen LogP contribution in [0.2, 0.25) is 0 Å². The van der Waals surface area contributed by atoms with E-state index in [2.05, 4.69) is 5.32 Å². The van der Waals surface area contributed by atoms with Gasteiger partial charge in [-0.15, -0.1) is 0 Å². The number of hydrogen-bond acceptors (Lipinski definition) is 5. The van der Waals surface area contributed by atoms with E-state index in [0.717, 1.165) is 24.5 Å². The van der Waals surface area contributed by atoms with Gasteiger partial charge in [0.1, 0.15) is 5.82 Å². The molecule has 5 nitrogen and oxygen atoms in total. The van der Waals surface area contributed by atoms with Crippen molar-refractivity contribution in [2.45, 2.75) is 11.0 Å². The van der Waals surface area contributed by atoms with E-state index in [0.29, 0.717) is 0 Å². The van der Waals surface area contributed by atoms with Gasteiger partial charge in [-0.05, 0) is 18.2 Å². The molecular weight excluding hydrogens is 249 g/mol. The standard InChI is InChI=1S/C10H14FNO4S/c1-17(15,16)8-2-3-9(11)10(4-8)12-5-7(14)6-13/h2-4,7,12-14H,5-6H2,1H3. The molecule has 0 bridgehead atoms. The Bertz CT molecular complexity index is 489. The molecule has 0 heterocycles. The zero-order valence-electron chi connectivity index (χ0n) is 9.22. The van der Waals surface area contributed by atoms with Crippen LogP contribution in [0.3, 0.4) is 0 Å². The highest BCUT2D eigenvalue weighted by Crippen LogP contribution is 2.19. The fourth-order valence-electron chi connectivity index (χ4n) is 1.16. The summed E-state index contributed by atoms with van der Waals surface area (Å²) in [6, 6.07) is 3.34. The lowest BCUT2D eigenvalue weighted by Crippen LogP contribution is -2.23. The molecule has 3 N–H and O–H groups in total. The minimum absolute atomic E-state index is 0.0140. The zero-order valence-corrected chi connectivity index (χ0v) is 10.0. The van der Waals surface area contributed by atoms with E-state index in [1.54, 1.807) is 0 Å². The predicted molar refractivity (Wildman–Crippen MR) is 61.1 cm³/mol. The molecule has 0 aliphatic rings. The largest absolute Gasteiger partial charge is 0.394 e. The van der Waals surface area contributed by atoms with Gasteiger partial charge >= 0.3 is 0 Å². The van der Waals surface area contributed by atoms with Crippen molar-refractivity contribution in [1.82, 2.24) is 0 Å². The zero-order chi connectivity index (χ0) is 13.1. The maximum atomic E-state index is 13.3. The molecule has 0 radical (unpaired) electrons. The Morgan fingerprint density at radius 2 is 2.12 bits per heavy atom. The lowest BCUT2D eigenvalue weighted by molar-refractivity contribution is 0.105. The quantitative estimate of drug-likeness (QED) is 0.651. The molecule has 0 saturated carbocycles. The second-order valence-corrected chi connectivity index (χ2v) is 5.65. The number of aliphatic hydroxyl groups excluding tert-OH is 2. The van der Waals surface area contributed by atoms with E-state index >= 15 is 0 Å². The monoisotopic (exact) mass is 263 g/mol. The van der Waals surface area contributed by atoms with Gasteiger partial charge in [0.05, 0.1) is 23.3 Å². The molecule has 96 valence electrons. The molecule has 0 spiro atoms. The summed E-state index contributed by atoms with van der Waals surface area (Å²) in [5.41, 5.74) is -0.0274. The Labute approximate surface area is 98.8 Å². The van der Waals surface area contributed by atoms with Crippen molar-refractivity contribution in [3.05, 3.63) is 24.0 Å². The summed E-state index contributed by atoms with van der Waals surface area (Å²) in [5.74, 6) is -0.623. The molecule has 1 aromatic rings. The van der Waals surface area contributed by atoms with Crippen LogP contribution in [0.4, 0.5) is 10.1 Å².